The Labute approximate surface area is 131 Å². The highest BCUT2D eigenvalue weighted by molar-refractivity contribution is 6.39. The molecule has 0 bridgehead atoms. The number of nitrogens with one attached hydrogen (secondary N) is 1. The van der Waals surface area contributed by atoms with E-state index in [9.17, 15) is 4.79 Å². The van der Waals surface area contributed by atoms with Gasteiger partial charge in [0.2, 0.25) is 0 Å². The first kappa shape index (κ1) is 14.0. The fraction of sp³-hybridized carbons (Fsp3) is 0.133. The maximum Gasteiger partial charge on any atom is 0.251 e. The van der Waals surface area contributed by atoms with Gasteiger partial charge in [0.15, 0.2) is 0 Å². The van der Waals surface area contributed by atoms with E-state index < -0.39 is 0 Å². The second-order valence-corrected chi connectivity index (χ2v) is 5.54. The van der Waals surface area contributed by atoms with Gasteiger partial charge in [-0.3, -0.25) is 4.79 Å². The molecule has 0 fully saturated rings. The molecule has 1 atom stereocenters. The van der Waals surface area contributed by atoms with Crippen molar-refractivity contribution in [1.82, 2.24) is 5.32 Å². The molecule has 0 spiro atoms. The van der Waals surface area contributed by atoms with E-state index in [2.05, 4.69) is 5.32 Å². The molecule has 3 N–H and O–H groups in total. The lowest BCUT2D eigenvalue weighted by Gasteiger charge is -2.13. The zero-order valence-corrected chi connectivity index (χ0v) is 12.4. The van der Waals surface area contributed by atoms with Crippen molar-refractivity contribution in [3.05, 3.63) is 57.6 Å². The summed E-state index contributed by atoms with van der Waals surface area (Å²) in [7, 11) is 0. The molecule has 108 valence electrons. The number of rotatable bonds is 2. The summed E-state index contributed by atoms with van der Waals surface area (Å²) >= 11 is 11.9. The molecule has 0 aliphatic carbocycles. The van der Waals surface area contributed by atoms with Crippen LogP contribution in [-0.2, 0) is 0 Å². The van der Waals surface area contributed by atoms with Crippen LogP contribution in [0.15, 0.2) is 36.4 Å². The second-order valence-electron chi connectivity index (χ2n) is 4.73. The Morgan fingerprint density at radius 3 is 2.62 bits per heavy atom. The van der Waals surface area contributed by atoms with Crippen LogP contribution >= 0.6 is 23.2 Å². The third-order valence-corrected chi connectivity index (χ3v) is 3.97. The first-order chi connectivity index (χ1) is 10.1. The maximum atomic E-state index is 12.3. The number of carbonyl (C=O) groups is 1. The molecule has 1 aliphatic heterocycles. The van der Waals surface area contributed by atoms with E-state index in [0.29, 0.717) is 12.2 Å². The third kappa shape index (κ3) is 2.64. The quantitative estimate of drug-likeness (QED) is 0.832. The molecule has 0 saturated heterocycles. The summed E-state index contributed by atoms with van der Waals surface area (Å²) in [6, 6.07) is 10.4. The molecular formula is C15H12Cl2N2O2. The third-order valence-electron chi connectivity index (χ3n) is 3.35. The van der Waals surface area contributed by atoms with E-state index in [0.717, 1.165) is 11.3 Å². The van der Waals surface area contributed by atoms with Crippen LogP contribution in [0.4, 0.5) is 5.69 Å². The predicted molar refractivity (Wildman–Crippen MR) is 83.0 cm³/mol. The molecule has 0 saturated carbocycles. The normalized spacial score (nSPS) is 16.2. The number of nitrogen functional groups attached to an aromatic ring is 1. The summed E-state index contributed by atoms with van der Waals surface area (Å²) in [5.41, 5.74) is 7.25. The number of nitrogens with two attached hydrogens (primary N) is 1. The van der Waals surface area contributed by atoms with Gasteiger partial charge in [-0.25, -0.2) is 0 Å². The highest BCUT2D eigenvalue weighted by Gasteiger charge is 2.25. The molecule has 1 heterocycles. The molecule has 1 aliphatic rings. The van der Waals surface area contributed by atoms with E-state index in [-0.39, 0.29) is 27.7 Å². The standard InChI is InChI=1S/C15H12Cl2N2O2/c16-10-5-8(6-11(17)14(10)18)15(20)19-12-7-21-13-4-2-1-3-9(12)13/h1-6,12H,7,18H2,(H,19,20). The van der Waals surface area contributed by atoms with Crippen LogP contribution in [0.2, 0.25) is 10.0 Å². The Balaban J connectivity index is 1.82. The van der Waals surface area contributed by atoms with E-state index in [1.807, 2.05) is 24.3 Å². The highest BCUT2D eigenvalue weighted by Crippen LogP contribution is 2.33. The van der Waals surface area contributed by atoms with Crippen LogP contribution in [0, 0.1) is 0 Å². The number of benzene rings is 2. The van der Waals surface area contributed by atoms with Crippen molar-refractivity contribution in [3.63, 3.8) is 0 Å². The van der Waals surface area contributed by atoms with Crippen molar-refractivity contribution >= 4 is 34.8 Å². The van der Waals surface area contributed by atoms with E-state index in [4.69, 9.17) is 33.7 Å². The lowest BCUT2D eigenvalue weighted by molar-refractivity contribution is 0.0930. The molecule has 6 heteroatoms. The zero-order chi connectivity index (χ0) is 15.0. The minimum absolute atomic E-state index is 0.191. The van der Waals surface area contributed by atoms with E-state index in [1.165, 1.54) is 12.1 Å². The first-order valence-corrected chi connectivity index (χ1v) is 7.09. The lowest BCUT2D eigenvalue weighted by atomic mass is 10.1. The molecule has 1 amide bonds. The molecule has 0 radical (unpaired) electrons. The van der Waals surface area contributed by atoms with Gasteiger partial charge >= 0.3 is 0 Å². The van der Waals surface area contributed by atoms with Gasteiger partial charge in [0.05, 0.1) is 21.8 Å². The van der Waals surface area contributed by atoms with Crippen LogP contribution < -0.4 is 15.8 Å². The smallest absolute Gasteiger partial charge is 0.251 e. The number of hydrogen-bond acceptors (Lipinski definition) is 3. The Kier molecular flexibility index (Phi) is 3.66. The second kappa shape index (κ2) is 5.47. The fourth-order valence-corrected chi connectivity index (χ4v) is 2.73. The minimum Gasteiger partial charge on any atom is -0.491 e. The summed E-state index contributed by atoms with van der Waals surface area (Å²) in [6.07, 6.45) is 0. The Morgan fingerprint density at radius 1 is 1.24 bits per heavy atom. The maximum absolute atomic E-state index is 12.3. The summed E-state index contributed by atoms with van der Waals surface area (Å²) in [4.78, 5) is 12.3. The largest absolute Gasteiger partial charge is 0.491 e. The number of hydrogen-bond donors (Lipinski definition) is 2. The number of halogens is 2. The van der Waals surface area contributed by atoms with Gasteiger partial charge in [-0.05, 0) is 18.2 Å². The van der Waals surface area contributed by atoms with Crippen molar-refractivity contribution in [2.24, 2.45) is 0 Å². The molecule has 0 aromatic heterocycles. The van der Waals surface area contributed by atoms with Crippen molar-refractivity contribution in [3.8, 4) is 5.75 Å². The first-order valence-electron chi connectivity index (χ1n) is 6.33. The SMILES string of the molecule is Nc1c(Cl)cc(C(=O)NC2COc3ccccc32)cc1Cl. The van der Waals surface area contributed by atoms with Crippen LogP contribution in [0.25, 0.3) is 0 Å². The van der Waals surface area contributed by atoms with Crippen molar-refractivity contribution in [1.29, 1.82) is 0 Å². The van der Waals surface area contributed by atoms with E-state index in [1.54, 1.807) is 0 Å². The Bertz CT molecular complexity index is 696. The topological polar surface area (TPSA) is 64.4 Å². The molecule has 2 aromatic rings. The number of fused-ring (bicyclic) bond motifs is 1. The van der Waals surface area contributed by atoms with Gasteiger partial charge in [-0.15, -0.1) is 0 Å². The molecule has 1 unspecified atom stereocenters. The fourth-order valence-electron chi connectivity index (χ4n) is 2.24. The predicted octanol–water partition coefficient (Wildman–Crippen LogP) is 3.44. The van der Waals surface area contributed by atoms with Gasteiger partial charge in [0.25, 0.3) is 5.91 Å². The summed E-state index contributed by atoms with van der Waals surface area (Å²) in [5.74, 6) is 0.514. The average Bonchev–Trinajstić information content (AvgIpc) is 2.87. The van der Waals surface area contributed by atoms with Gasteiger partial charge < -0.3 is 15.8 Å². The molecular weight excluding hydrogens is 311 g/mol. The van der Waals surface area contributed by atoms with Gasteiger partial charge in [-0.2, -0.15) is 0 Å². The number of ether oxygens (including phenoxy) is 1. The van der Waals surface area contributed by atoms with Gasteiger partial charge in [-0.1, -0.05) is 41.4 Å². The van der Waals surface area contributed by atoms with Gasteiger partial charge in [0.1, 0.15) is 12.4 Å². The van der Waals surface area contributed by atoms with Gasteiger partial charge in [0, 0.05) is 11.1 Å². The van der Waals surface area contributed by atoms with Crippen LogP contribution in [0.5, 0.6) is 5.75 Å². The summed E-state index contributed by atoms with van der Waals surface area (Å²) in [5, 5.41) is 3.42. The molecule has 2 aromatic carbocycles. The van der Waals surface area contributed by atoms with Crippen LogP contribution in [-0.4, -0.2) is 12.5 Å². The number of amides is 1. The molecule has 4 nitrogen and oxygen atoms in total. The van der Waals surface area contributed by atoms with Crippen molar-refractivity contribution in [2.45, 2.75) is 6.04 Å². The van der Waals surface area contributed by atoms with E-state index >= 15 is 0 Å². The summed E-state index contributed by atoms with van der Waals surface area (Å²) in [6.45, 7) is 0.404. The zero-order valence-electron chi connectivity index (χ0n) is 10.9. The Morgan fingerprint density at radius 2 is 1.90 bits per heavy atom. The number of anilines is 1. The summed E-state index contributed by atoms with van der Waals surface area (Å²) < 4.78 is 5.53. The molecule has 21 heavy (non-hydrogen) atoms. The van der Waals surface area contributed by atoms with Crippen molar-refractivity contribution < 1.29 is 9.53 Å². The monoisotopic (exact) mass is 322 g/mol. The Hall–Kier alpha value is -1.91. The van der Waals surface area contributed by atoms with Crippen LogP contribution in [0.3, 0.4) is 0 Å². The van der Waals surface area contributed by atoms with Crippen molar-refractivity contribution in [2.75, 3.05) is 12.3 Å². The average molecular weight is 323 g/mol. The molecule has 3 rings (SSSR count). The minimum atomic E-state index is -0.274. The number of para-hydroxylation sites is 1. The highest BCUT2D eigenvalue weighted by atomic mass is 35.5. The number of carbonyl (C=O) groups excluding carboxylic acids is 1. The lowest BCUT2D eigenvalue weighted by Crippen LogP contribution is -2.29. The van der Waals surface area contributed by atoms with Crippen LogP contribution in [0.1, 0.15) is 22.0 Å².